The van der Waals surface area contributed by atoms with Crippen molar-refractivity contribution < 1.29 is 14.0 Å². The molecule has 0 fully saturated rings. The van der Waals surface area contributed by atoms with Gasteiger partial charge in [-0.1, -0.05) is 0 Å². The predicted octanol–water partition coefficient (Wildman–Crippen LogP) is 3.02. The van der Waals surface area contributed by atoms with Crippen molar-refractivity contribution in [1.82, 2.24) is 15.1 Å². The average Bonchev–Trinajstić information content (AvgIpc) is 3.26. The lowest BCUT2D eigenvalue weighted by atomic mass is 10.3. The van der Waals surface area contributed by atoms with Gasteiger partial charge in [-0.25, -0.2) is 0 Å². The number of carbonyl (C=O) groups is 2. The zero-order chi connectivity index (χ0) is 17.1. The van der Waals surface area contributed by atoms with Crippen LogP contribution in [0.5, 0.6) is 0 Å². The highest BCUT2D eigenvalue weighted by atomic mass is 79.9. The van der Waals surface area contributed by atoms with Crippen molar-refractivity contribution in [3.8, 4) is 0 Å². The highest BCUT2D eigenvalue weighted by Crippen LogP contribution is 2.22. The van der Waals surface area contributed by atoms with E-state index in [0.29, 0.717) is 16.3 Å². The summed E-state index contributed by atoms with van der Waals surface area (Å²) in [4.78, 5) is 25.1. The van der Waals surface area contributed by atoms with Crippen LogP contribution >= 0.6 is 27.3 Å². The Morgan fingerprint density at radius 1 is 1.42 bits per heavy atom. The SMILES string of the molecule is Cn1cc(NC(=O)c2cc(Br)cs2)c(C(=O)NCc2ccco2)n1. The molecule has 7 nitrogen and oxygen atoms in total. The minimum Gasteiger partial charge on any atom is -0.467 e. The van der Waals surface area contributed by atoms with Gasteiger partial charge in [0.2, 0.25) is 0 Å². The molecular formula is C15H13BrN4O3S. The Bertz CT molecular complexity index is 869. The molecule has 0 saturated carbocycles. The van der Waals surface area contributed by atoms with Crippen molar-refractivity contribution in [2.45, 2.75) is 6.54 Å². The summed E-state index contributed by atoms with van der Waals surface area (Å²) in [5.41, 5.74) is 0.497. The third-order valence-corrected chi connectivity index (χ3v) is 4.78. The molecule has 0 aliphatic carbocycles. The van der Waals surface area contributed by atoms with Crippen LogP contribution < -0.4 is 10.6 Å². The van der Waals surface area contributed by atoms with Gasteiger partial charge in [0.15, 0.2) is 5.69 Å². The Balaban J connectivity index is 1.72. The number of anilines is 1. The summed E-state index contributed by atoms with van der Waals surface area (Å²) in [6.45, 7) is 0.244. The number of amides is 2. The molecule has 3 aromatic rings. The Hall–Kier alpha value is -2.39. The Morgan fingerprint density at radius 2 is 2.25 bits per heavy atom. The molecule has 3 rings (SSSR count). The monoisotopic (exact) mass is 408 g/mol. The quantitative estimate of drug-likeness (QED) is 0.678. The summed E-state index contributed by atoms with van der Waals surface area (Å²) < 4.78 is 7.47. The van der Waals surface area contributed by atoms with E-state index in [1.165, 1.54) is 22.3 Å². The van der Waals surface area contributed by atoms with Gasteiger partial charge in [-0.15, -0.1) is 11.3 Å². The van der Waals surface area contributed by atoms with Crippen LogP contribution in [0.25, 0.3) is 0 Å². The molecule has 0 aromatic carbocycles. The van der Waals surface area contributed by atoms with E-state index in [1.54, 1.807) is 31.4 Å². The van der Waals surface area contributed by atoms with Gasteiger partial charge in [0, 0.05) is 23.1 Å². The van der Waals surface area contributed by atoms with Crippen LogP contribution in [0.1, 0.15) is 25.9 Å². The van der Waals surface area contributed by atoms with Crippen molar-refractivity contribution in [2.24, 2.45) is 7.05 Å². The maximum Gasteiger partial charge on any atom is 0.274 e. The lowest BCUT2D eigenvalue weighted by Crippen LogP contribution is -2.24. The molecule has 0 bridgehead atoms. The first-order valence-corrected chi connectivity index (χ1v) is 8.60. The summed E-state index contributed by atoms with van der Waals surface area (Å²) in [6, 6.07) is 5.22. The number of hydrogen-bond acceptors (Lipinski definition) is 5. The van der Waals surface area contributed by atoms with Crippen molar-refractivity contribution in [1.29, 1.82) is 0 Å². The van der Waals surface area contributed by atoms with Gasteiger partial charge < -0.3 is 15.1 Å². The molecule has 0 radical (unpaired) electrons. The first-order chi connectivity index (χ1) is 11.5. The molecule has 3 aromatic heterocycles. The number of aryl methyl sites for hydroxylation is 1. The van der Waals surface area contributed by atoms with Crippen LogP contribution in [-0.2, 0) is 13.6 Å². The van der Waals surface area contributed by atoms with Crippen molar-refractivity contribution in [3.63, 3.8) is 0 Å². The maximum absolute atomic E-state index is 12.3. The fourth-order valence-electron chi connectivity index (χ4n) is 2.03. The van der Waals surface area contributed by atoms with Crippen molar-refractivity contribution in [3.05, 3.63) is 56.8 Å². The fourth-order valence-corrected chi connectivity index (χ4v) is 3.35. The van der Waals surface area contributed by atoms with Gasteiger partial charge in [0.05, 0.1) is 23.4 Å². The first-order valence-electron chi connectivity index (χ1n) is 6.92. The zero-order valence-corrected chi connectivity index (χ0v) is 15.0. The van der Waals surface area contributed by atoms with E-state index < -0.39 is 5.91 Å². The number of furan rings is 1. The topological polar surface area (TPSA) is 89.2 Å². The number of nitrogens with one attached hydrogen (secondary N) is 2. The summed E-state index contributed by atoms with van der Waals surface area (Å²) in [5, 5.41) is 11.4. The Kier molecular flexibility index (Phi) is 4.81. The highest BCUT2D eigenvalue weighted by Gasteiger charge is 2.19. The van der Waals surface area contributed by atoms with Gasteiger partial charge >= 0.3 is 0 Å². The predicted molar refractivity (Wildman–Crippen MR) is 93.1 cm³/mol. The van der Waals surface area contributed by atoms with Crippen LogP contribution in [0.2, 0.25) is 0 Å². The normalized spacial score (nSPS) is 10.6. The number of halogens is 1. The average molecular weight is 409 g/mol. The second kappa shape index (κ2) is 7.02. The van der Waals surface area contributed by atoms with Gasteiger partial charge in [-0.05, 0) is 34.1 Å². The lowest BCUT2D eigenvalue weighted by molar-refractivity contribution is 0.0943. The van der Waals surface area contributed by atoms with E-state index in [0.717, 1.165) is 4.47 Å². The lowest BCUT2D eigenvalue weighted by Gasteiger charge is -2.04. The minimum absolute atomic E-state index is 0.146. The summed E-state index contributed by atoms with van der Waals surface area (Å²) in [5.74, 6) is -0.0539. The molecule has 0 spiro atoms. The van der Waals surface area contributed by atoms with Gasteiger partial charge in [0.1, 0.15) is 5.76 Å². The van der Waals surface area contributed by atoms with Crippen molar-refractivity contribution in [2.75, 3.05) is 5.32 Å². The molecule has 2 N–H and O–H groups in total. The third-order valence-electron chi connectivity index (χ3n) is 3.09. The second-order valence-electron chi connectivity index (χ2n) is 4.91. The van der Waals surface area contributed by atoms with E-state index in [-0.39, 0.29) is 18.1 Å². The Morgan fingerprint density at radius 3 is 2.92 bits per heavy atom. The van der Waals surface area contributed by atoms with E-state index >= 15 is 0 Å². The number of rotatable bonds is 5. The number of hydrogen-bond donors (Lipinski definition) is 2. The van der Waals surface area contributed by atoms with Gasteiger partial charge in [-0.3, -0.25) is 14.3 Å². The third kappa shape index (κ3) is 3.74. The molecule has 24 heavy (non-hydrogen) atoms. The van der Waals surface area contributed by atoms with E-state index in [1.807, 2.05) is 5.38 Å². The van der Waals surface area contributed by atoms with Crippen LogP contribution in [0, 0.1) is 0 Å². The summed E-state index contributed by atoms with van der Waals surface area (Å²) in [7, 11) is 1.68. The number of thiophene rings is 1. The smallest absolute Gasteiger partial charge is 0.274 e. The molecule has 9 heteroatoms. The summed E-state index contributed by atoms with van der Waals surface area (Å²) in [6.07, 6.45) is 3.12. The molecular weight excluding hydrogens is 396 g/mol. The van der Waals surface area contributed by atoms with E-state index in [9.17, 15) is 9.59 Å². The van der Waals surface area contributed by atoms with Crippen LogP contribution in [0.3, 0.4) is 0 Å². The zero-order valence-electron chi connectivity index (χ0n) is 12.6. The molecule has 3 heterocycles. The maximum atomic E-state index is 12.3. The molecule has 0 atom stereocenters. The van der Waals surface area contributed by atoms with Crippen LogP contribution in [0.15, 0.2) is 44.9 Å². The van der Waals surface area contributed by atoms with Gasteiger partial charge in [-0.2, -0.15) is 5.10 Å². The van der Waals surface area contributed by atoms with Crippen molar-refractivity contribution >= 4 is 44.8 Å². The van der Waals surface area contributed by atoms with E-state index in [4.69, 9.17) is 4.42 Å². The van der Waals surface area contributed by atoms with Crippen LogP contribution in [0.4, 0.5) is 5.69 Å². The number of aromatic nitrogens is 2. The number of carbonyl (C=O) groups excluding carboxylic acids is 2. The molecule has 0 unspecified atom stereocenters. The van der Waals surface area contributed by atoms with Crippen LogP contribution in [-0.4, -0.2) is 21.6 Å². The molecule has 0 aliphatic heterocycles. The fraction of sp³-hybridized carbons (Fsp3) is 0.133. The molecule has 0 aliphatic rings. The Labute approximate surface area is 149 Å². The standard InChI is InChI=1S/C15H13BrN4O3S/c1-20-7-11(18-14(21)12-5-9(16)8-24-12)13(19-20)15(22)17-6-10-3-2-4-23-10/h2-5,7-8H,6H2,1H3,(H,17,22)(H,18,21). The summed E-state index contributed by atoms with van der Waals surface area (Å²) >= 11 is 4.62. The molecule has 2 amide bonds. The van der Waals surface area contributed by atoms with E-state index in [2.05, 4.69) is 31.7 Å². The molecule has 124 valence electrons. The largest absolute Gasteiger partial charge is 0.467 e. The highest BCUT2D eigenvalue weighted by molar-refractivity contribution is 9.10. The second-order valence-corrected chi connectivity index (χ2v) is 6.74. The molecule has 0 saturated heterocycles. The van der Waals surface area contributed by atoms with Gasteiger partial charge in [0.25, 0.3) is 11.8 Å². The minimum atomic E-state index is -0.394. The first kappa shape index (κ1) is 16.5. The number of nitrogens with zero attached hydrogens (tertiary/aromatic N) is 2.